The van der Waals surface area contributed by atoms with Crippen LogP contribution in [0.5, 0.6) is 5.75 Å². The summed E-state index contributed by atoms with van der Waals surface area (Å²) in [6.45, 7) is 19.6. The number of nitrogen functional groups attached to an aromatic ring is 1. The van der Waals surface area contributed by atoms with Gasteiger partial charge >= 0.3 is 10.1 Å². The quantitative estimate of drug-likeness (QED) is 0.0149. The lowest BCUT2D eigenvalue weighted by atomic mass is 10.2. The molecule has 0 amide bonds. The van der Waals surface area contributed by atoms with Gasteiger partial charge in [0.05, 0.1) is 11.0 Å². The van der Waals surface area contributed by atoms with Crippen molar-refractivity contribution in [1.82, 2.24) is 19.9 Å². The number of pyridine rings is 2. The van der Waals surface area contributed by atoms with E-state index in [0.717, 1.165) is 31.4 Å². The number of ether oxygens (including phenoxy) is 2. The lowest BCUT2D eigenvalue weighted by Gasteiger charge is -2.23. The zero-order chi connectivity index (χ0) is 54.0. The fourth-order valence-electron chi connectivity index (χ4n) is 5.35. The average Bonchev–Trinajstić information content (AvgIpc) is 4.04. The van der Waals surface area contributed by atoms with Gasteiger partial charge in [0.1, 0.15) is 21.9 Å². The standard InChI is InChI=1S/C18H22ClN3O3S2Si.C15H5ClF5NO3S.C7H18OSi.C3H4N2S.C2H3N/c1-28(2,3)11-9-25-13-22(18-21-8-10-26-18)27(23,24)15-4-5-16-14(12-15)6-7-20-17(16)19;16-15-8-2-1-7(5-6(8)3-4-22-15)26(23,24)25-14-12(20)10(18)9(17)11(19)13(14)21;1-5-8-6-7-9(2,3)4;4-3-5-1-2-6-3;1-2-3/h4-8,10,12H,9,11,13H2,1-3H3;1-5H;5-7H2,1-4H3;1-2H,(H2,4,5);1H3. The zero-order valence-electron chi connectivity index (χ0n) is 40.2. The van der Waals surface area contributed by atoms with Gasteiger partial charge in [-0.1, -0.05) is 62.5 Å². The molecule has 2 N–H and O–H groups in total. The molecule has 27 heteroatoms. The van der Waals surface area contributed by atoms with E-state index in [4.69, 9.17) is 43.7 Å². The number of nitrogens with zero attached hydrogens (tertiary/aromatic N) is 6. The van der Waals surface area contributed by atoms with Gasteiger partial charge in [-0.3, -0.25) is 0 Å². The summed E-state index contributed by atoms with van der Waals surface area (Å²) in [7, 11) is -10.8. The number of rotatable bonds is 15. The van der Waals surface area contributed by atoms with Crippen LogP contribution in [0.2, 0.25) is 61.7 Å². The van der Waals surface area contributed by atoms with Gasteiger partial charge in [0.2, 0.25) is 40.0 Å². The minimum Gasteiger partial charge on any atom is -0.382 e. The summed E-state index contributed by atoms with van der Waals surface area (Å²) in [4.78, 5) is 15.3. The van der Waals surface area contributed by atoms with E-state index >= 15 is 0 Å². The Balaban J connectivity index is 0.000000284. The topological polar surface area (TPSA) is 201 Å². The minimum absolute atomic E-state index is 0.0739. The molecule has 0 aliphatic rings. The molecule has 7 rings (SSSR count). The third kappa shape index (κ3) is 18.6. The van der Waals surface area contributed by atoms with Gasteiger partial charge in [-0.05, 0) is 78.3 Å². The van der Waals surface area contributed by atoms with Gasteiger partial charge in [0.25, 0.3) is 10.0 Å². The van der Waals surface area contributed by atoms with Crippen molar-refractivity contribution >= 4 is 114 Å². The highest BCUT2D eigenvalue weighted by atomic mass is 35.5. The van der Waals surface area contributed by atoms with E-state index in [1.165, 1.54) is 64.3 Å². The SMILES string of the molecule is CC#N.CCOCC[Si](C)(C)C.C[Si](C)(C)CCOCN(c1nccs1)S(=O)(=O)c1ccc2c(Cl)nccc2c1.Nc1nccs1.O=S(=O)(Oc1c(F)c(F)c(F)c(F)c1F)c1ccc2c(Cl)nccc2c1. The van der Waals surface area contributed by atoms with Crippen LogP contribution in [-0.2, 0) is 29.6 Å². The van der Waals surface area contributed by atoms with Gasteiger partial charge < -0.3 is 19.4 Å². The molecule has 3 aromatic carbocycles. The molecular formula is C45H52Cl2F5N7O7S4Si2. The molecule has 0 aliphatic carbocycles. The maximum atomic E-state index is 13.6. The summed E-state index contributed by atoms with van der Waals surface area (Å²) in [5.41, 5.74) is 5.19. The second kappa shape index (κ2) is 28.0. The van der Waals surface area contributed by atoms with Crippen molar-refractivity contribution in [3.05, 3.63) is 123 Å². The molecule has 0 spiro atoms. The fraction of sp³-hybridized carbons (Fsp3) is 0.311. The highest BCUT2D eigenvalue weighted by molar-refractivity contribution is 7.93. The van der Waals surface area contributed by atoms with Gasteiger partial charge in [-0.25, -0.2) is 45.8 Å². The maximum absolute atomic E-state index is 13.6. The third-order valence-corrected chi connectivity index (χ3v) is 17.6. The molecule has 0 saturated carbocycles. The lowest BCUT2D eigenvalue weighted by molar-refractivity contribution is 0.156. The Morgan fingerprint density at radius 3 is 1.57 bits per heavy atom. The largest absolute Gasteiger partial charge is 0.382 e. The molecule has 14 nitrogen and oxygen atoms in total. The van der Waals surface area contributed by atoms with E-state index in [1.54, 1.807) is 48.2 Å². The molecule has 72 heavy (non-hydrogen) atoms. The van der Waals surface area contributed by atoms with Crippen molar-refractivity contribution < 1.29 is 52.4 Å². The summed E-state index contributed by atoms with van der Waals surface area (Å²) in [5, 5.41) is 14.4. The summed E-state index contributed by atoms with van der Waals surface area (Å²) in [6, 6.07) is 15.2. The van der Waals surface area contributed by atoms with Gasteiger partial charge in [-0.15, -0.1) is 22.7 Å². The predicted molar refractivity (Wildman–Crippen MR) is 281 cm³/mol. The van der Waals surface area contributed by atoms with E-state index in [1.807, 2.05) is 12.3 Å². The predicted octanol–water partition coefficient (Wildman–Crippen LogP) is 12.8. The fourth-order valence-corrected chi connectivity index (χ4v) is 10.9. The van der Waals surface area contributed by atoms with E-state index in [-0.39, 0.29) is 16.8 Å². The maximum Gasteiger partial charge on any atom is 0.339 e. The number of nitriles is 1. The normalized spacial score (nSPS) is 11.4. The molecule has 4 heterocycles. The third-order valence-electron chi connectivity index (χ3n) is 9.10. The molecular weight excluding hydrogens is 1100 g/mol. The molecule has 7 aromatic rings. The Hall–Kier alpha value is -4.89. The first-order chi connectivity index (χ1) is 33.7. The van der Waals surface area contributed by atoms with E-state index in [9.17, 15) is 38.8 Å². The Morgan fingerprint density at radius 1 is 0.681 bits per heavy atom. The molecule has 390 valence electrons. The van der Waals surface area contributed by atoms with E-state index in [0.29, 0.717) is 43.6 Å². The molecule has 0 aliphatic heterocycles. The Kier molecular flexibility index (Phi) is 23.9. The number of hydrogen-bond donors (Lipinski definition) is 1. The second-order valence-corrected chi connectivity index (χ2v) is 34.2. The molecule has 0 atom stereocenters. The van der Waals surface area contributed by atoms with Crippen LogP contribution in [0.25, 0.3) is 21.5 Å². The number of anilines is 2. The van der Waals surface area contributed by atoms with Crippen molar-refractivity contribution in [2.45, 2.75) is 75.0 Å². The Bertz CT molecular complexity index is 3110. The van der Waals surface area contributed by atoms with Crippen LogP contribution in [0.3, 0.4) is 0 Å². The summed E-state index contributed by atoms with van der Waals surface area (Å²) >= 11 is 14.6. The van der Waals surface area contributed by atoms with E-state index < -0.39 is 76.0 Å². The molecule has 0 bridgehead atoms. The Labute approximate surface area is 435 Å². The first-order valence-electron chi connectivity index (χ1n) is 21.3. The minimum atomic E-state index is -4.91. The first kappa shape index (κ1) is 61.4. The van der Waals surface area contributed by atoms with Crippen LogP contribution in [0.4, 0.5) is 32.2 Å². The summed E-state index contributed by atoms with van der Waals surface area (Å²) in [5.74, 6) is -13.8. The van der Waals surface area contributed by atoms with Crippen molar-refractivity contribution in [3.63, 3.8) is 0 Å². The number of benzene rings is 3. The first-order valence-corrected chi connectivity index (χ1v) is 34.0. The monoisotopic (exact) mass is 1150 g/mol. The molecule has 0 unspecified atom stereocenters. The van der Waals surface area contributed by atoms with Crippen molar-refractivity contribution in [2.24, 2.45) is 0 Å². The van der Waals surface area contributed by atoms with Crippen LogP contribution in [0.1, 0.15) is 13.8 Å². The van der Waals surface area contributed by atoms with Crippen LogP contribution < -0.4 is 14.2 Å². The molecule has 0 fully saturated rings. The number of halogens is 7. The smallest absolute Gasteiger partial charge is 0.339 e. The summed E-state index contributed by atoms with van der Waals surface area (Å²) in [6.07, 6.45) is 6.10. The molecule has 0 radical (unpaired) electrons. The number of sulfonamides is 1. The van der Waals surface area contributed by atoms with Crippen molar-refractivity contribution in [1.29, 1.82) is 5.26 Å². The number of thiazole rings is 2. The van der Waals surface area contributed by atoms with Crippen molar-refractivity contribution in [2.75, 3.05) is 36.6 Å². The van der Waals surface area contributed by atoms with Crippen LogP contribution in [0.15, 0.2) is 93.9 Å². The molecule has 4 aromatic heterocycles. The summed E-state index contributed by atoms with van der Waals surface area (Å²) < 4.78 is 134. The number of nitrogens with two attached hydrogens (primary N) is 1. The zero-order valence-corrected chi connectivity index (χ0v) is 47.0. The van der Waals surface area contributed by atoms with Gasteiger partial charge in [0.15, 0.2) is 5.13 Å². The van der Waals surface area contributed by atoms with E-state index in [2.05, 4.69) is 63.4 Å². The van der Waals surface area contributed by atoms with Gasteiger partial charge in [0, 0.05) is 89.2 Å². The number of fused-ring (bicyclic) bond motifs is 2. The Morgan fingerprint density at radius 2 is 1.14 bits per heavy atom. The highest BCUT2D eigenvalue weighted by Gasteiger charge is 2.32. The number of hydrogen-bond acceptors (Lipinski definition) is 15. The van der Waals surface area contributed by atoms with Gasteiger partial charge in [-0.2, -0.15) is 22.5 Å². The average molecular weight is 1150 g/mol. The lowest BCUT2D eigenvalue weighted by Crippen LogP contribution is -2.34. The van der Waals surface area contributed by atoms with Crippen LogP contribution >= 0.6 is 45.9 Å². The van der Waals surface area contributed by atoms with Crippen LogP contribution in [0, 0.1) is 40.4 Å². The second-order valence-electron chi connectivity index (χ2n) is 17.0. The number of aromatic nitrogens is 4. The van der Waals surface area contributed by atoms with Crippen LogP contribution in [-0.4, -0.2) is 79.5 Å². The van der Waals surface area contributed by atoms with Crippen molar-refractivity contribution in [3.8, 4) is 11.8 Å². The molecule has 0 saturated heterocycles. The highest BCUT2D eigenvalue weighted by Crippen LogP contribution is 2.33.